The van der Waals surface area contributed by atoms with Crippen molar-refractivity contribution in [2.75, 3.05) is 13.1 Å². The number of carbonyl (C=O) groups is 1. The van der Waals surface area contributed by atoms with Gasteiger partial charge >= 0.3 is 0 Å². The Labute approximate surface area is 108 Å². The lowest BCUT2D eigenvalue weighted by Crippen LogP contribution is -2.54. The summed E-state index contributed by atoms with van der Waals surface area (Å²) >= 11 is 0. The van der Waals surface area contributed by atoms with Crippen molar-refractivity contribution in [1.82, 2.24) is 14.7 Å². The van der Waals surface area contributed by atoms with Gasteiger partial charge in [0.2, 0.25) is 11.3 Å². The minimum Gasteiger partial charge on any atom is -0.389 e. The van der Waals surface area contributed by atoms with Gasteiger partial charge in [0.05, 0.1) is 17.8 Å². The number of fused-ring (bicyclic) bond motifs is 1. The second-order valence-electron chi connectivity index (χ2n) is 4.64. The van der Waals surface area contributed by atoms with Gasteiger partial charge in [0.15, 0.2) is 0 Å². The molecule has 19 heavy (non-hydrogen) atoms. The first kappa shape index (κ1) is 11.9. The Kier molecular flexibility index (Phi) is 2.79. The Morgan fingerprint density at radius 3 is 2.84 bits per heavy atom. The largest absolute Gasteiger partial charge is 0.389 e. The van der Waals surface area contributed by atoms with Crippen LogP contribution in [0.5, 0.6) is 0 Å². The van der Waals surface area contributed by atoms with Gasteiger partial charge < -0.3 is 10.0 Å². The lowest BCUT2D eigenvalue weighted by atomic mass is 10.1. The summed E-state index contributed by atoms with van der Waals surface area (Å²) in [4.78, 5) is 25.2. The highest BCUT2D eigenvalue weighted by Gasteiger charge is 2.28. The summed E-state index contributed by atoms with van der Waals surface area (Å²) in [5.74, 6) is -0.105. The molecule has 1 aromatic heterocycles. The molecule has 0 aliphatic carbocycles. The van der Waals surface area contributed by atoms with Crippen molar-refractivity contribution in [1.29, 1.82) is 0 Å². The third kappa shape index (κ3) is 2.10. The standard InChI is InChI=1S/C13H13N3O3/c17-9-6-15(7-9)13(19)8-16-11-4-2-1-3-10(11)12(18)5-14-16/h1-5,9,17H,6-8H2. The number of aliphatic hydroxyl groups is 1. The van der Waals surface area contributed by atoms with E-state index in [4.69, 9.17) is 0 Å². The zero-order valence-corrected chi connectivity index (χ0v) is 10.2. The second kappa shape index (κ2) is 4.47. The highest BCUT2D eigenvalue weighted by atomic mass is 16.3. The number of aromatic nitrogens is 2. The van der Waals surface area contributed by atoms with Crippen LogP contribution < -0.4 is 5.43 Å². The first-order valence-corrected chi connectivity index (χ1v) is 6.06. The van der Waals surface area contributed by atoms with Gasteiger partial charge in [-0.1, -0.05) is 12.1 Å². The van der Waals surface area contributed by atoms with Crippen LogP contribution in [0.3, 0.4) is 0 Å². The van der Waals surface area contributed by atoms with Crippen molar-refractivity contribution in [3.05, 3.63) is 40.7 Å². The molecular weight excluding hydrogens is 246 g/mol. The smallest absolute Gasteiger partial charge is 0.244 e. The molecule has 1 fully saturated rings. The first-order valence-electron chi connectivity index (χ1n) is 6.06. The molecule has 2 aromatic rings. The summed E-state index contributed by atoms with van der Waals surface area (Å²) in [7, 11) is 0. The maximum atomic E-state index is 11.9. The molecule has 0 atom stereocenters. The van der Waals surface area contributed by atoms with Gasteiger partial charge in [-0.15, -0.1) is 0 Å². The topological polar surface area (TPSA) is 75.4 Å². The summed E-state index contributed by atoms with van der Waals surface area (Å²) in [6.45, 7) is 0.821. The van der Waals surface area contributed by atoms with E-state index in [1.54, 1.807) is 29.2 Å². The fourth-order valence-electron chi connectivity index (χ4n) is 2.17. The van der Waals surface area contributed by atoms with Crippen LogP contribution in [-0.4, -0.2) is 44.9 Å². The summed E-state index contributed by atoms with van der Waals surface area (Å²) in [5, 5.41) is 13.7. The molecule has 6 nitrogen and oxygen atoms in total. The molecule has 0 saturated carbocycles. The average molecular weight is 259 g/mol. The summed E-state index contributed by atoms with van der Waals surface area (Å²) in [5.41, 5.74) is 0.489. The van der Waals surface area contributed by atoms with Crippen LogP contribution in [0.1, 0.15) is 0 Å². The minimum absolute atomic E-state index is 0.0769. The number of aliphatic hydroxyl groups excluding tert-OH is 1. The van der Waals surface area contributed by atoms with Gasteiger partial charge in [-0.2, -0.15) is 5.10 Å². The third-order valence-electron chi connectivity index (χ3n) is 3.26. The van der Waals surface area contributed by atoms with E-state index in [0.717, 1.165) is 0 Å². The number of amides is 1. The number of para-hydroxylation sites is 1. The SMILES string of the molecule is O=C(Cn1ncc(=O)c2ccccc21)N1CC(O)C1. The number of carbonyl (C=O) groups excluding carboxylic acids is 1. The molecule has 1 N–H and O–H groups in total. The molecular formula is C13H13N3O3. The van der Waals surface area contributed by atoms with Crippen LogP contribution in [0.15, 0.2) is 35.3 Å². The van der Waals surface area contributed by atoms with Crippen molar-refractivity contribution in [2.24, 2.45) is 0 Å². The summed E-state index contributed by atoms with van der Waals surface area (Å²) in [6, 6.07) is 7.06. The van der Waals surface area contributed by atoms with Crippen molar-refractivity contribution in [3.63, 3.8) is 0 Å². The fraction of sp³-hybridized carbons (Fsp3) is 0.308. The molecule has 98 valence electrons. The van der Waals surface area contributed by atoms with Gasteiger partial charge in [0.1, 0.15) is 6.54 Å². The van der Waals surface area contributed by atoms with E-state index >= 15 is 0 Å². The molecule has 1 aromatic carbocycles. The predicted molar refractivity (Wildman–Crippen MR) is 68.6 cm³/mol. The molecule has 0 radical (unpaired) electrons. The quantitative estimate of drug-likeness (QED) is 0.796. The Morgan fingerprint density at radius 1 is 1.37 bits per heavy atom. The van der Waals surface area contributed by atoms with Crippen molar-refractivity contribution >= 4 is 16.8 Å². The van der Waals surface area contributed by atoms with Crippen LogP contribution >= 0.6 is 0 Å². The molecule has 3 rings (SSSR count). The Morgan fingerprint density at radius 2 is 2.11 bits per heavy atom. The van der Waals surface area contributed by atoms with Gasteiger partial charge in [-0.05, 0) is 12.1 Å². The van der Waals surface area contributed by atoms with E-state index < -0.39 is 6.10 Å². The highest BCUT2D eigenvalue weighted by Crippen LogP contribution is 2.11. The van der Waals surface area contributed by atoms with Crippen molar-refractivity contribution in [2.45, 2.75) is 12.6 Å². The number of hydrogen-bond donors (Lipinski definition) is 1. The summed E-state index contributed by atoms with van der Waals surface area (Å²) in [6.07, 6.45) is 0.809. The number of hydrogen-bond acceptors (Lipinski definition) is 4. The number of β-amino-alcohol motifs (C(OH)–C–C–N with tert-alkyl or cyclic N) is 1. The zero-order chi connectivity index (χ0) is 13.4. The number of nitrogens with zero attached hydrogens (tertiary/aromatic N) is 3. The van der Waals surface area contributed by atoms with E-state index in [0.29, 0.717) is 24.0 Å². The predicted octanol–water partition coefficient (Wildman–Crippen LogP) is -0.400. The van der Waals surface area contributed by atoms with Crippen LogP contribution in [-0.2, 0) is 11.3 Å². The van der Waals surface area contributed by atoms with E-state index in [1.807, 2.05) is 0 Å². The van der Waals surface area contributed by atoms with E-state index in [1.165, 1.54) is 10.9 Å². The lowest BCUT2D eigenvalue weighted by molar-refractivity contribution is -0.142. The molecule has 0 bridgehead atoms. The average Bonchev–Trinajstić information content (AvgIpc) is 2.38. The van der Waals surface area contributed by atoms with Gasteiger partial charge in [0.25, 0.3) is 0 Å². The molecule has 1 aliphatic rings. The Balaban J connectivity index is 1.91. The maximum absolute atomic E-state index is 11.9. The molecule has 1 amide bonds. The number of likely N-dealkylation sites (tertiary alicyclic amines) is 1. The van der Waals surface area contributed by atoms with Gasteiger partial charge in [0, 0.05) is 18.5 Å². The maximum Gasteiger partial charge on any atom is 0.244 e. The molecule has 1 aliphatic heterocycles. The Hall–Kier alpha value is -2.21. The molecule has 2 heterocycles. The van der Waals surface area contributed by atoms with Crippen LogP contribution in [0.4, 0.5) is 0 Å². The third-order valence-corrected chi connectivity index (χ3v) is 3.26. The monoisotopic (exact) mass is 259 g/mol. The van der Waals surface area contributed by atoms with E-state index in [2.05, 4.69) is 5.10 Å². The van der Waals surface area contributed by atoms with Crippen LogP contribution in [0.2, 0.25) is 0 Å². The second-order valence-corrected chi connectivity index (χ2v) is 4.64. The number of benzene rings is 1. The summed E-state index contributed by atoms with van der Waals surface area (Å²) < 4.78 is 1.52. The minimum atomic E-state index is -0.414. The number of rotatable bonds is 2. The molecule has 0 unspecified atom stereocenters. The lowest BCUT2D eigenvalue weighted by Gasteiger charge is -2.35. The fourth-order valence-corrected chi connectivity index (χ4v) is 2.17. The van der Waals surface area contributed by atoms with Crippen LogP contribution in [0, 0.1) is 0 Å². The highest BCUT2D eigenvalue weighted by molar-refractivity contribution is 5.81. The van der Waals surface area contributed by atoms with Crippen LogP contribution in [0.25, 0.3) is 10.9 Å². The molecule has 0 spiro atoms. The molecule has 6 heteroatoms. The van der Waals surface area contributed by atoms with Crippen molar-refractivity contribution in [3.8, 4) is 0 Å². The van der Waals surface area contributed by atoms with Crippen molar-refractivity contribution < 1.29 is 9.90 Å². The van der Waals surface area contributed by atoms with E-state index in [9.17, 15) is 14.7 Å². The van der Waals surface area contributed by atoms with E-state index in [-0.39, 0.29) is 17.9 Å². The Bertz CT molecular complexity index is 689. The normalized spacial score (nSPS) is 15.5. The molecule has 1 saturated heterocycles. The zero-order valence-electron chi connectivity index (χ0n) is 10.2. The van der Waals surface area contributed by atoms with Gasteiger partial charge in [-0.25, -0.2) is 0 Å². The van der Waals surface area contributed by atoms with Gasteiger partial charge in [-0.3, -0.25) is 14.3 Å². The first-order chi connectivity index (χ1) is 9.15.